The van der Waals surface area contributed by atoms with Crippen LogP contribution < -0.4 is 5.32 Å². The first-order valence-corrected chi connectivity index (χ1v) is 23.7. The lowest BCUT2D eigenvalue weighted by Crippen LogP contribution is -2.58. The Morgan fingerprint density at radius 1 is 0.969 bits per heavy atom. The summed E-state index contributed by atoms with van der Waals surface area (Å²) in [5.74, 6) is -2.44. The molecule has 3 N–H and O–H groups in total. The van der Waals surface area contributed by atoms with Crippen LogP contribution in [0, 0.1) is 23.7 Å². The van der Waals surface area contributed by atoms with Crippen LogP contribution in [-0.4, -0.2) is 140 Å². The maximum absolute atomic E-state index is 14.4. The van der Waals surface area contributed by atoms with Gasteiger partial charge in [-0.25, -0.2) is 0 Å². The second-order valence-electron chi connectivity index (χ2n) is 19.9. The van der Waals surface area contributed by atoms with E-state index < -0.39 is 72.5 Å². The summed E-state index contributed by atoms with van der Waals surface area (Å²) in [5, 5.41) is 29.1. The van der Waals surface area contributed by atoms with Crippen LogP contribution in [0.5, 0.6) is 0 Å². The normalized spacial score (nSPS) is 46.6. The van der Waals surface area contributed by atoms with Gasteiger partial charge in [0.25, 0.3) is 0 Å². The Bertz CT molecular complexity index is 1870. The average molecular weight is 915 g/mol. The first-order chi connectivity index (χ1) is 30.9. The largest absolute Gasteiger partial charge is 0.462 e. The summed E-state index contributed by atoms with van der Waals surface area (Å²) < 4.78 is 64.5. The van der Waals surface area contributed by atoms with E-state index in [1.165, 1.54) is 6.92 Å². The van der Waals surface area contributed by atoms with Crippen molar-refractivity contribution in [2.75, 3.05) is 20.8 Å². The lowest BCUT2D eigenvalue weighted by Gasteiger charge is -2.50. The number of rotatable bonds is 8. The van der Waals surface area contributed by atoms with Crippen LogP contribution in [0.3, 0.4) is 0 Å². The highest BCUT2D eigenvalue weighted by Gasteiger charge is 2.60. The molecular weight excluding hydrogens is 841 g/mol. The molecule has 18 atom stereocenters. The van der Waals surface area contributed by atoms with Crippen molar-refractivity contribution in [2.24, 2.45) is 28.8 Å². The number of hydrogen-bond donors (Lipinski definition) is 3. The van der Waals surface area contributed by atoms with Crippen molar-refractivity contribution in [3.05, 3.63) is 47.1 Å². The molecule has 2 bridgehead atoms. The standard InChI is InChI=1S/C49H74N2O14/c1-25(2)43-28(5)17-18-48(65-43)23-35-20-34(64-48)16-15-27(4)44(26(3)13-12-14-33-24-58-46-41(51-55)29(6)19-36(47(53)61-35)49(33,46)54)62-40-22-38(57-11)45(31(8)60-40)63-39-21-37(56-10)42(30(7)59-39)50-32(9)52/h12-15,19,25-26,28,30-31,34-40,42-46,54-55H,16-18,20-24H2,1-11H3,(H,50,52)/b13-12+,27-15+,33-14+,51-41+/t26?,28-,30+,31-,34?,35?,36?,37+,38-,39+,40?,42-,43?,44+,45-,46?,48?,49-/m1/s1. The van der Waals surface area contributed by atoms with Gasteiger partial charge < -0.3 is 63.0 Å². The van der Waals surface area contributed by atoms with Gasteiger partial charge in [-0.3, -0.25) is 9.59 Å². The van der Waals surface area contributed by atoms with Crippen molar-refractivity contribution in [2.45, 2.75) is 198 Å². The molecule has 1 amide bonds. The van der Waals surface area contributed by atoms with E-state index in [9.17, 15) is 19.9 Å². The summed E-state index contributed by atoms with van der Waals surface area (Å²) in [7, 11) is 3.27. The number of fused-ring (bicyclic) bond motifs is 2. The molecule has 0 radical (unpaired) electrons. The first kappa shape index (κ1) is 49.9. The highest BCUT2D eigenvalue weighted by molar-refractivity contribution is 6.07. The summed E-state index contributed by atoms with van der Waals surface area (Å²) in [6.45, 7) is 17.7. The van der Waals surface area contributed by atoms with Crippen LogP contribution in [0.15, 0.2) is 52.3 Å². The molecule has 364 valence electrons. The molecule has 8 unspecified atom stereocenters. The van der Waals surface area contributed by atoms with E-state index in [-0.39, 0.29) is 60.5 Å². The molecule has 6 aliphatic heterocycles. The number of ether oxygens (including phenoxy) is 10. The second-order valence-corrected chi connectivity index (χ2v) is 19.9. The van der Waals surface area contributed by atoms with Crippen molar-refractivity contribution in [3.8, 4) is 0 Å². The molecule has 7 rings (SSSR count). The molecule has 0 saturated carbocycles. The van der Waals surface area contributed by atoms with Crippen molar-refractivity contribution < 1.29 is 67.3 Å². The number of esters is 1. The fourth-order valence-electron chi connectivity index (χ4n) is 11.3. The van der Waals surface area contributed by atoms with E-state index in [1.807, 2.05) is 32.9 Å². The molecule has 7 aliphatic rings. The smallest absolute Gasteiger partial charge is 0.316 e. The van der Waals surface area contributed by atoms with Gasteiger partial charge >= 0.3 is 5.97 Å². The molecule has 6 heterocycles. The maximum atomic E-state index is 14.4. The number of carbonyl (C=O) groups is 2. The minimum Gasteiger partial charge on any atom is -0.462 e. The molecule has 16 nitrogen and oxygen atoms in total. The van der Waals surface area contributed by atoms with E-state index in [2.05, 4.69) is 44.2 Å². The molecule has 1 spiro atoms. The third-order valence-corrected chi connectivity index (χ3v) is 14.7. The topological polar surface area (TPSA) is 191 Å². The molecule has 5 saturated heterocycles. The fourth-order valence-corrected chi connectivity index (χ4v) is 11.3. The van der Waals surface area contributed by atoms with E-state index in [0.717, 1.165) is 12.0 Å². The highest BCUT2D eigenvalue weighted by atomic mass is 16.7. The highest BCUT2D eigenvalue weighted by Crippen LogP contribution is 2.47. The van der Waals surface area contributed by atoms with Gasteiger partial charge in [0.1, 0.15) is 35.5 Å². The van der Waals surface area contributed by atoms with Crippen LogP contribution >= 0.6 is 0 Å². The number of amides is 1. The molecule has 0 aromatic carbocycles. The Morgan fingerprint density at radius 3 is 2.37 bits per heavy atom. The molecule has 16 heteroatoms. The van der Waals surface area contributed by atoms with Gasteiger partial charge in [-0.05, 0) is 69.1 Å². The van der Waals surface area contributed by atoms with Crippen LogP contribution in [0.4, 0.5) is 0 Å². The molecular formula is C49H74N2O14. The summed E-state index contributed by atoms with van der Waals surface area (Å²) in [5.41, 5.74) is 0.238. The number of methoxy groups -OCH3 is 2. The monoisotopic (exact) mass is 915 g/mol. The zero-order valence-electron chi connectivity index (χ0n) is 40.1. The predicted octanol–water partition coefficient (Wildman–Crippen LogP) is 5.82. The lowest BCUT2D eigenvalue weighted by molar-refractivity contribution is -0.340. The summed E-state index contributed by atoms with van der Waals surface area (Å²) in [6.07, 6.45) is 7.27. The Balaban J connectivity index is 1.17. The van der Waals surface area contributed by atoms with Gasteiger partial charge in [0.05, 0.1) is 55.4 Å². The zero-order chi connectivity index (χ0) is 47.0. The maximum Gasteiger partial charge on any atom is 0.316 e. The molecule has 5 fully saturated rings. The van der Waals surface area contributed by atoms with Gasteiger partial charge in [0.2, 0.25) is 5.91 Å². The molecule has 0 aromatic rings. The molecule has 0 aromatic heterocycles. The fraction of sp³-hybridized carbons (Fsp3) is 0.776. The summed E-state index contributed by atoms with van der Waals surface area (Å²) >= 11 is 0. The minimum absolute atomic E-state index is 0.00992. The summed E-state index contributed by atoms with van der Waals surface area (Å²) in [6, 6.07) is -0.315. The lowest BCUT2D eigenvalue weighted by atomic mass is 9.71. The van der Waals surface area contributed by atoms with Gasteiger partial charge in [0.15, 0.2) is 18.4 Å². The number of hydrogen-bond acceptors (Lipinski definition) is 15. The van der Waals surface area contributed by atoms with Crippen LogP contribution in [0.2, 0.25) is 0 Å². The Morgan fingerprint density at radius 2 is 1.68 bits per heavy atom. The number of oxime groups is 1. The summed E-state index contributed by atoms with van der Waals surface area (Å²) in [4.78, 5) is 26.3. The Labute approximate surface area is 384 Å². The van der Waals surface area contributed by atoms with E-state index >= 15 is 0 Å². The quantitative estimate of drug-likeness (QED) is 0.114. The van der Waals surface area contributed by atoms with Crippen molar-refractivity contribution in [1.29, 1.82) is 0 Å². The second kappa shape index (κ2) is 20.7. The van der Waals surface area contributed by atoms with E-state index in [1.54, 1.807) is 33.3 Å². The van der Waals surface area contributed by atoms with Crippen LogP contribution in [0.25, 0.3) is 0 Å². The SMILES string of the molecule is CO[C@H]1C[C@H](O[C@@H]2[C@@H](C)OC(O[C@@H]3/C(C)=C/CC4CC(CC5(CC[C@@H](C)C(C(C)C)O5)O4)OC(=O)C4C=C(C)/C(=N\O)C5OC/C(=C\C=C\C3C)[C@@]45O)C[C@H]2OC)O[C@@H](C)[C@H]1NC(C)=O. The van der Waals surface area contributed by atoms with Crippen molar-refractivity contribution in [3.63, 3.8) is 0 Å². The number of aliphatic hydroxyl groups is 1. The van der Waals surface area contributed by atoms with Gasteiger partial charge in [-0.15, -0.1) is 0 Å². The van der Waals surface area contributed by atoms with Gasteiger partial charge in [-0.2, -0.15) is 0 Å². The van der Waals surface area contributed by atoms with Crippen LogP contribution in [-0.2, 0) is 57.0 Å². The molecule has 1 aliphatic carbocycles. The predicted molar refractivity (Wildman–Crippen MR) is 238 cm³/mol. The third kappa shape index (κ3) is 10.5. The number of carbonyl (C=O) groups excluding carboxylic acids is 2. The zero-order valence-corrected chi connectivity index (χ0v) is 40.1. The number of nitrogens with one attached hydrogen (secondary N) is 1. The molecule has 65 heavy (non-hydrogen) atoms. The Kier molecular flexibility index (Phi) is 15.9. The van der Waals surface area contributed by atoms with Gasteiger partial charge in [-0.1, -0.05) is 63.2 Å². The minimum atomic E-state index is -1.87. The number of allylic oxidation sites excluding steroid dienone is 2. The van der Waals surface area contributed by atoms with Crippen molar-refractivity contribution >= 4 is 17.6 Å². The Hall–Kier alpha value is -3.03. The third-order valence-electron chi connectivity index (χ3n) is 14.7. The number of nitrogens with zero attached hydrogens (tertiary/aromatic N) is 1. The van der Waals surface area contributed by atoms with Crippen molar-refractivity contribution in [1.82, 2.24) is 5.32 Å². The van der Waals surface area contributed by atoms with E-state index in [4.69, 9.17) is 47.4 Å². The average Bonchev–Trinajstić information content (AvgIpc) is 3.59. The first-order valence-electron chi connectivity index (χ1n) is 23.7. The van der Waals surface area contributed by atoms with E-state index in [0.29, 0.717) is 55.6 Å². The van der Waals surface area contributed by atoms with Gasteiger partial charge in [0, 0.05) is 59.2 Å². The van der Waals surface area contributed by atoms with Crippen LogP contribution in [0.1, 0.15) is 107 Å².